The second-order valence-electron chi connectivity index (χ2n) is 5.02. The van der Waals surface area contributed by atoms with Gasteiger partial charge in [-0.15, -0.1) is 0 Å². The first-order valence-electron chi connectivity index (χ1n) is 7.56. The predicted octanol–water partition coefficient (Wildman–Crippen LogP) is 3.15. The van der Waals surface area contributed by atoms with E-state index in [0.717, 1.165) is 22.9 Å². The van der Waals surface area contributed by atoms with Gasteiger partial charge in [-0.1, -0.05) is 0 Å². The summed E-state index contributed by atoms with van der Waals surface area (Å²) >= 11 is 0. The van der Waals surface area contributed by atoms with Crippen molar-refractivity contribution in [2.75, 3.05) is 38.5 Å². The SMILES string of the molecule is COc1ccc(NC(=O)CCNc2cc(OC)ccc2OC)cc1. The van der Waals surface area contributed by atoms with E-state index in [4.69, 9.17) is 14.2 Å². The van der Waals surface area contributed by atoms with Gasteiger partial charge in [0.2, 0.25) is 5.91 Å². The molecule has 0 bridgehead atoms. The Morgan fingerprint density at radius 3 is 2.21 bits per heavy atom. The van der Waals surface area contributed by atoms with Crippen LogP contribution in [0.1, 0.15) is 6.42 Å². The second kappa shape index (κ2) is 8.67. The Labute approximate surface area is 141 Å². The van der Waals surface area contributed by atoms with Crippen LogP contribution in [0.25, 0.3) is 0 Å². The summed E-state index contributed by atoms with van der Waals surface area (Å²) in [7, 11) is 4.81. The fraction of sp³-hybridized carbons (Fsp3) is 0.278. The van der Waals surface area contributed by atoms with Gasteiger partial charge in [0.15, 0.2) is 0 Å². The third-order valence-corrected chi connectivity index (χ3v) is 3.45. The molecule has 0 atom stereocenters. The van der Waals surface area contributed by atoms with Gasteiger partial charge >= 0.3 is 0 Å². The van der Waals surface area contributed by atoms with E-state index in [1.807, 2.05) is 18.2 Å². The van der Waals surface area contributed by atoms with Crippen LogP contribution in [0.5, 0.6) is 17.2 Å². The highest BCUT2D eigenvalue weighted by Gasteiger charge is 2.07. The summed E-state index contributed by atoms with van der Waals surface area (Å²) in [5.74, 6) is 2.10. The fourth-order valence-corrected chi connectivity index (χ4v) is 2.16. The number of amides is 1. The quantitative estimate of drug-likeness (QED) is 0.778. The summed E-state index contributed by atoms with van der Waals surface area (Å²) in [5.41, 5.74) is 1.52. The molecule has 0 heterocycles. The van der Waals surface area contributed by atoms with Gasteiger partial charge in [-0.25, -0.2) is 0 Å². The normalized spacial score (nSPS) is 9.96. The number of methoxy groups -OCH3 is 3. The van der Waals surface area contributed by atoms with Crippen LogP contribution in [-0.2, 0) is 4.79 Å². The molecule has 0 unspecified atom stereocenters. The molecule has 2 rings (SSSR count). The topological polar surface area (TPSA) is 68.8 Å². The van der Waals surface area contributed by atoms with Crippen LogP contribution >= 0.6 is 0 Å². The minimum Gasteiger partial charge on any atom is -0.497 e. The second-order valence-corrected chi connectivity index (χ2v) is 5.02. The molecule has 128 valence electrons. The number of rotatable bonds is 8. The van der Waals surface area contributed by atoms with E-state index in [1.54, 1.807) is 45.6 Å². The number of nitrogens with one attached hydrogen (secondary N) is 2. The summed E-state index contributed by atoms with van der Waals surface area (Å²) < 4.78 is 15.6. The monoisotopic (exact) mass is 330 g/mol. The molecule has 24 heavy (non-hydrogen) atoms. The third kappa shape index (κ3) is 4.81. The predicted molar refractivity (Wildman–Crippen MR) is 94.3 cm³/mol. The van der Waals surface area contributed by atoms with Crippen LogP contribution in [0.4, 0.5) is 11.4 Å². The number of benzene rings is 2. The van der Waals surface area contributed by atoms with E-state index in [2.05, 4.69) is 10.6 Å². The molecule has 2 aromatic carbocycles. The van der Waals surface area contributed by atoms with Gasteiger partial charge < -0.3 is 24.8 Å². The van der Waals surface area contributed by atoms with Gasteiger partial charge in [0.05, 0.1) is 27.0 Å². The molecule has 0 aliphatic rings. The Hall–Kier alpha value is -2.89. The van der Waals surface area contributed by atoms with Crippen LogP contribution in [0.2, 0.25) is 0 Å². The lowest BCUT2D eigenvalue weighted by Crippen LogP contribution is -2.16. The Bertz CT molecular complexity index is 671. The van der Waals surface area contributed by atoms with Crippen LogP contribution < -0.4 is 24.8 Å². The Morgan fingerprint density at radius 1 is 0.917 bits per heavy atom. The molecule has 0 fully saturated rings. The summed E-state index contributed by atoms with van der Waals surface area (Å²) in [6.07, 6.45) is 0.326. The van der Waals surface area contributed by atoms with Crippen LogP contribution in [-0.4, -0.2) is 33.8 Å². The van der Waals surface area contributed by atoms with E-state index in [1.165, 1.54) is 0 Å². The van der Waals surface area contributed by atoms with Crippen LogP contribution in [0, 0.1) is 0 Å². The lowest BCUT2D eigenvalue weighted by molar-refractivity contribution is -0.115. The lowest BCUT2D eigenvalue weighted by atomic mass is 10.2. The smallest absolute Gasteiger partial charge is 0.226 e. The van der Waals surface area contributed by atoms with Crippen LogP contribution in [0.3, 0.4) is 0 Å². The van der Waals surface area contributed by atoms with Crippen molar-refractivity contribution in [2.24, 2.45) is 0 Å². The molecule has 0 saturated carbocycles. The maximum absolute atomic E-state index is 12.0. The zero-order valence-electron chi connectivity index (χ0n) is 14.1. The number of hydrogen-bond acceptors (Lipinski definition) is 5. The van der Waals surface area contributed by atoms with Crippen molar-refractivity contribution in [2.45, 2.75) is 6.42 Å². The third-order valence-electron chi connectivity index (χ3n) is 3.45. The lowest BCUT2D eigenvalue weighted by Gasteiger charge is -2.12. The average molecular weight is 330 g/mol. The molecule has 2 N–H and O–H groups in total. The van der Waals surface area contributed by atoms with E-state index < -0.39 is 0 Å². The van der Waals surface area contributed by atoms with Crippen molar-refractivity contribution in [3.63, 3.8) is 0 Å². The fourth-order valence-electron chi connectivity index (χ4n) is 2.16. The number of carbonyl (C=O) groups is 1. The zero-order chi connectivity index (χ0) is 17.4. The molecule has 0 aliphatic carbocycles. The maximum Gasteiger partial charge on any atom is 0.226 e. The molecule has 6 heteroatoms. The van der Waals surface area contributed by atoms with E-state index >= 15 is 0 Å². The first-order valence-corrected chi connectivity index (χ1v) is 7.56. The molecule has 1 amide bonds. The van der Waals surface area contributed by atoms with Crippen molar-refractivity contribution >= 4 is 17.3 Å². The molecule has 6 nitrogen and oxygen atoms in total. The summed E-state index contributed by atoms with van der Waals surface area (Å²) in [6.45, 7) is 0.478. The number of anilines is 2. The summed E-state index contributed by atoms with van der Waals surface area (Å²) in [4.78, 5) is 12.0. The largest absolute Gasteiger partial charge is 0.497 e. The Morgan fingerprint density at radius 2 is 1.58 bits per heavy atom. The summed E-state index contributed by atoms with van der Waals surface area (Å²) in [5, 5.41) is 6.03. The highest BCUT2D eigenvalue weighted by atomic mass is 16.5. The van der Waals surface area contributed by atoms with Gasteiger partial charge in [0, 0.05) is 24.7 Å². The highest BCUT2D eigenvalue weighted by Crippen LogP contribution is 2.28. The van der Waals surface area contributed by atoms with Crippen molar-refractivity contribution in [3.8, 4) is 17.2 Å². The van der Waals surface area contributed by atoms with Crippen molar-refractivity contribution in [1.29, 1.82) is 0 Å². The number of carbonyl (C=O) groups excluding carboxylic acids is 1. The minimum absolute atomic E-state index is 0.0745. The number of ether oxygens (including phenoxy) is 3. The molecule has 2 aromatic rings. The number of hydrogen-bond donors (Lipinski definition) is 2. The highest BCUT2D eigenvalue weighted by molar-refractivity contribution is 5.91. The average Bonchev–Trinajstić information content (AvgIpc) is 2.62. The van der Waals surface area contributed by atoms with Crippen molar-refractivity contribution in [3.05, 3.63) is 42.5 Å². The van der Waals surface area contributed by atoms with E-state index in [9.17, 15) is 4.79 Å². The first-order chi connectivity index (χ1) is 11.7. The summed E-state index contributed by atoms with van der Waals surface area (Å²) in [6, 6.07) is 12.7. The minimum atomic E-state index is -0.0745. The first kappa shape index (κ1) is 17.5. The van der Waals surface area contributed by atoms with Gasteiger partial charge in [-0.05, 0) is 36.4 Å². The Balaban J connectivity index is 1.85. The molecular formula is C18H22N2O4. The van der Waals surface area contributed by atoms with Crippen molar-refractivity contribution < 1.29 is 19.0 Å². The maximum atomic E-state index is 12.0. The van der Waals surface area contributed by atoms with E-state index in [0.29, 0.717) is 18.7 Å². The molecule has 0 aromatic heterocycles. The van der Waals surface area contributed by atoms with Crippen molar-refractivity contribution in [1.82, 2.24) is 0 Å². The van der Waals surface area contributed by atoms with Crippen LogP contribution in [0.15, 0.2) is 42.5 Å². The van der Waals surface area contributed by atoms with E-state index in [-0.39, 0.29) is 5.91 Å². The Kier molecular flexibility index (Phi) is 6.31. The zero-order valence-corrected chi connectivity index (χ0v) is 14.1. The molecular weight excluding hydrogens is 308 g/mol. The standard InChI is InChI=1S/C18H22N2O4/c1-22-14-6-4-13(5-7-14)20-18(21)10-11-19-16-12-15(23-2)8-9-17(16)24-3/h4-9,12,19H,10-11H2,1-3H3,(H,20,21). The van der Waals surface area contributed by atoms with Gasteiger partial charge in [-0.2, -0.15) is 0 Å². The van der Waals surface area contributed by atoms with Gasteiger partial charge in [0.1, 0.15) is 17.2 Å². The molecule has 0 aliphatic heterocycles. The molecule has 0 saturated heterocycles. The van der Waals surface area contributed by atoms with Gasteiger partial charge in [-0.3, -0.25) is 4.79 Å². The van der Waals surface area contributed by atoms with Gasteiger partial charge in [0.25, 0.3) is 0 Å². The molecule has 0 spiro atoms. The molecule has 0 radical (unpaired) electrons.